The second-order valence-corrected chi connectivity index (χ2v) is 3.56. The molecule has 0 unspecified atom stereocenters. The second-order valence-electron chi connectivity index (χ2n) is 3.56. The predicted molar refractivity (Wildman–Crippen MR) is 60.3 cm³/mol. The number of carbonyl (C=O) groups is 1. The number of carbonyl (C=O) groups excluding carboxylic acids is 1. The van der Waals surface area contributed by atoms with E-state index in [1.807, 2.05) is 6.92 Å². The number of nitrogens with zero attached hydrogens (tertiary/aromatic N) is 3. The molecule has 2 rings (SSSR count). The Balaban J connectivity index is 2.46. The second kappa shape index (κ2) is 4.26. The molecule has 2 heterocycles. The van der Waals surface area contributed by atoms with Crippen molar-refractivity contribution in [2.75, 3.05) is 0 Å². The molecule has 0 fully saturated rings. The first-order valence-corrected chi connectivity index (χ1v) is 5.19. The van der Waals surface area contributed by atoms with Gasteiger partial charge in [0.15, 0.2) is 0 Å². The lowest BCUT2D eigenvalue weighted by Gasteiger charge is -2.05. The van der Waals surface area contributed by atoms with Crippen molar-refractivity contribution in [3.63, 3.8) is 0 Å². The van der Waals surface area contributed by atoms with Gasteiger partial charge in [0.25, 0.3) is 0 Å². The molecule has 0 N–H and O–H groups in total. The minimum atomic E-state index is -0.000694. The maximum absolute atomic E-state index is 12.2. The molecule has 0 amide bonds. The molecule has 0 radical (unpaired) electrons. The minimum Gasteiger partial charge on any atom is -0.287 e. The number of hydrogen-bond donors (Lipinski definition) is 0. The fourth-order valence-electron chi connectivity index (χ4n) is 1.67. The van der Waals surface area contributed by atoms with Crippen LogP contribution in [0.1, 0.15) is 28.5 Å². The first-order chi connectivity index (χ1) is 7.74. The van der Waals surface area contributed by atoms with Crippen LogP contribution in [0.3, 0.4) is 0 Å². The molecule has 4 heteroatoms. The van der Waals surface area contributed by atoms with Gasteiger partial charge in [-0.1, -0.05) is 6.92 Å². The van der Waals surface area contributed by atoms with E-state index in [0.717, 1.165) is 12.0 Å². The summed E-state index contributed by atoms with van der Waals surface area (Å²) in [4.78, 5) is 16.2. The molecular weight excluding hydrogens is 202 g/mol. The third-order valence-corrected chi connectivity index (χ3v) is 2.58. The van der Waals surface area contributed by atoms with Crippen molar-refractivity contribution < 1.29 is 4.79 Å². The molecule has 0 aliphatic heterocycles. The largest absolute Gasteiger partial charge is 0.287 e. The summed E-state index contributed by atoms with van der Waals surface area (Å²) >= 11 is 0. The van der Waals surface area contributed by atoms with Crippen LogP contribution in [0.25, 0.3) is 0 Å². The SMILES string of the molecule is CCc1cnccc1C(=O)c1ccnn1C. The summed E-state index contributed by atoms with van der Waals surface area (Å²) in [6.45, 7) is 2.01. The Bertz CT molecular complexity index is 516. The minimum absolute atomic E-state index is 0.000694. The normalized spacial score (nSPS) is 10.4. The van der Waals surface area contributed by atoms with Gasteiger partial charge in [0, 0.05) is 31.2 Å². The molecule has 82 valence electrons. The van der Waals surface area contributed by atoms with Gasteiger partial charge in [-0.3, -0.25) is 14.5 Å². The van der Waals surface area contributed by atoms with Crippen LogP contribution in [0.5, 0.6) is 0 Å². The number of ketones is 1. The average molecular weight is 215 g/mol. The van der Waals surface area contributed by atoms with Crippen LogP contribution < -0.4 is 0 Å². The lowest BCUT2D eigenvalue weighted by molar-refractivity contribution is 0.102. The zero-order chi connectivity index (χ0) is 11.5. The molecule has 4 nitrogen and oxygen atoms in total. The van der Waals surface area contributed by atoms with Gasteiger partial charge in [0.05, 0.1) is 0 Å². The highest BCUT2D eigenvalue weighted by molar-refractivity contribution is 6.08. The van der Waals surface area contributed by atoms with E-state index in [1.54, 1.807) is 42.5 Å². The fourth-order valence-corrected chi connectivity index (χ4v) is 1.67. The van der Waals surface area contributed by atoms with Crippen LogP contribution in [0.15, 0.2) is 30.7 Å². The van der Waals surface area contributed by atoms with E-state index in [0.29, 0.717) is 11.3 Å². The molecule has 0 spiro atoms. The topological polar surface area (TPSA) is 47.8 Å². The van der Waals surface area contributed by atoms with E-state index >= 15 is 0 Å². The van der Waals surface area contributed by atoms with Crippen LogP contribution in [-0.4, -0.2) is 20.5 Å². The monoisotopic (exact) mass is 215 g/mol. The summed E-state index contributed by atoms with van der Waals surface area (Å²) < 4.78 is 1.59. The number of aryl methyl sites for hydroxylation is 2. The maximum atomic E-state index is 12.2. The number of pyridine rings is 1. The van der Waals surface area contributed by atoms with Gasteiger partial charge in [-0.25, -0.2) is 0 Å². The predicted octanol–water partition coefficient (Wildman–Crippen LogP) is 1.61. The van der Waals surface area contributed by atoms with E-state index < -0.39 is 0 Å². The van der Waals surface area contributed by atoms with Crippen LogP contribution in [0.4, 0.5) is 0 Å². The van der Waals surface area contributed by atoms with Crippen LogP contribution in [-0.2, 0) is 13.5 Å². The lowest BCUT2D eigenvalue weighted by atomic mass is 10.0. The van der Waals surface area contributed by atoms with Gasteiger partial charge in [-0.15, -0.1) is 0 Å². The summed E-state index contributed by atoms with van der Waals surface area (Å²) in [6.07, 6.45) is 5.80. The van der Waals surface area contributed by atoms with Gasteiger partial charge >= 0.3 is 0 Å². The fraction of sp³-hybridized carbons (Fsp3) is 0.250. The van der Waals surface area contributed by atoms with Gasteiger partial charge in [-0.05, 0) is 24.1 Å². The highest BCUT2D eigenvalue weighted by atomic mass is 16.1. The summed E-state index contributed by atoms with van der Waals surface area (Å²) in [7, 11) is 1.76. The first-order valence-electron chi connectivity index (χ1n) is 5.19. The zero-order valence-corrected chi connectivity index (χ0v) is 9.34. The Labute approximate surface area is 93.9 Å². The van der Waals surface area contributed by atoms with Crippen LogP contribution in [0.2, 0.25) is 0 Å². The standard InChI is InChI=1S/C12H13N3O/c1-3-9-8-13-6-4-10(9)12(16)11-5-7-14-15(11)2/h4-8H,3H2,1-2H3. The molecule has 0 bridgehead atoms. The van der Waals surface area contributed by atoms with Crippen molar-refractivity contribution in [2.45, 2.75) is 13.3 Å². The third kappa shape index (κ3) is 1.74. The Kier molecular flexibility index (Phi) is 2.81. The molecular formula is C12H13N3O. The maximum Gasteiger partial charge on any atom is 0.211 e. The molecule has 0 aromatic carbocycles. The van der Waals surface area contributed by atoms with E-state index in [-0.39, 0.29) is 5.78 Å². The summed E-state index contributed by atoms with van der Waals surface area (Å²) in [5, 5.41) is 4.00. The van der Waals surface area contributed by atoms with Crippen molar-refractivity contribution in [1.82, 2.24) is 14.8 Å². The van der Waals surface area contributed by atoms with Crippen LogP contribution in [0, 0.1) is 0 Å². The van der Waals surface area contributed by atoms with Crippen LogP contribution >= 0.6 is 0 Å². The van der Waals surface area contributed by atoms with Crippen molar-refractivity contribution in [3.8, 4) is 0 Å². The highest BCUT2D eigenvalue weighted by Crippen LogP contribution is 2.13. The average Bonchev–Trinajstić information content (AvgIpc) is 2.74. The number of aromatic nitrogens is 3. The smallest absolute Gasteiger partial charge is 0.211 e. The Morgan fingerprint density at radius 3 is 2.81 bits per heavy atom. The van der Waals surface area contributed by atoms with Crippen molar-refractivity contribution in [2.24, 2.45) is 7.05 Å². The summed E-state index contributed by atoms with van der Waals surface area (Å²) in [5.74, 6) is -0.000694. The van der Waals surface area contributed by atoms with Gasteiger partial charge < -0.3 is 0 Å². The Morgan fingerprint density at radius 2 is 2.19 bits per heavy atom. The lowest BCUT2D eigenvalue weighted by Crippen LogP contribution is -2.10. The van der Waals surface area contributed by atoms with E-state index in [2.05, 4.69) is 10.1 Å². The summed E-state index contributed by atoms with van der Waals surface area (Å²) in [5.41, 5.74) is 2.27. The van der Waals surface area contributed by atoms with Crippen molar-refractivity contribution in [3.05, 3.63) is 47.5 Å². The zero-order valence-electron chi connectivity index (χ0n) is 9.34. The van der Waals surface area contributed by atoms with Crippen molar-refractivity contribution >= 4 is 5.78 Å². The quantitative estimate of drug-likeness (QED) is 0.731. The number of hydrogen-bond acceptors (Lipinski definition) is 3. The molecule has 0 saturated heterocycles. The van der Waals surface area contributed by atoms with E-state index in [1.165, 1.54) is 0 Å². The molecule has 16 heavy (non-hydrogen) atoms. The molecule has 0 aliphatic carbocycles. The third-order valence-electron chi connectivity index (χ3n) is 2.58. The van der Waals surface area contributed by atoms with Gasteiger partial charge in [0.1, 0.15) is 5.69 Å². The van der Waals surface area contributed by atoms with Gasteiger partial charge in [-0.2, -0.15) is 5.10 Å². The molecule has 2 aromatic rings. The Morgan fingerprint density at radius 1 is 1.38 bits per heavy atom. The number of rotatable bonds is 3. The Hall–Kier alpha value is -1.97. The summed E-state index contributed by atoms with van der Waals surface area (Å²) in [6, 6.07) is 3.48. The highest BCUT2D eigenvalue weighted by Gasteiger charge is 2.15. The molecule has 0 atom stereocenters. The van der Waals surface area contributed by atoms with Crippen molar-refractivity contribution in [1.29, 1.82) is 0 Å². The van der Waals surface area contributed by atoms with Gasteiger partial charge in [0.2, 0.25) is 5.78 Å². The van der Waals surface area contributed by atoms with E-state index in [9.17, 15) is 4.79 Å². The molecule has 0 saturated carbocycles. The first kappa shape index (κ1) is 10.5. The van der Waals surface area contributed by atoms with E-state index in [4.69, 9.17) is 0 Å². The molecule has 0 aliphatic rings. The molecule has 2 aromatic heterocycles.